The fraction of sp³-hybridized carbons (Fsp3) is 0.176. The van der Waals surface area contributed by atoms with E-state index in [1.54, 1.807) is 24.3 Å². The molecule has 1 aromatic heterocycles. The van der Waals surface area contributed by atoms with E-state index in [4.69, 9.17) is 11.6 Å². The molecule has 1 amide bonds. The molecule has 0 unspecified atom stereocenters. The van der Waals surface area contributed by atoms with Crippen molar-refractivity contribution in [3.05, 3.63) is 53.1 Å². The molecule has 0 saturated heterocycles. The lowest BCUT2D eigenvalue weighted by molar-refractivity contribution is -0.118. The average molecular weight is 442 g/mol. The van der Waals surface area contributed by atoms with Crippen LogP contribution in [0, 0.1) is 0 Å². The largest absolute Gasteiger partial charge is 0.351 e. The number of halogens is 1. The summed E-state index contributed by atoms with van der Waals surface area (Å²) in [6.07, 6.45) is 1.10. The molecule has 6 nitrogen and oxygen atoms in total. The van der Waals surface area contributed by atoms with Gasteiger partial charge in [-0.2, -0.15) is 0 Å². The van der Waals surface area contributed by atoms with Crippen molar-refractivity contribution in [3.63, 3.8) is 0 Å². The molecule has 0 saturated carbocycles. The second kappa shape index (κ2) is 8.47. The van der Waals surface area contributed by atoms with Crippen LogP contribution in [0.3, 0.4) is 0 Å². The lowest BCUT2D eigenvalue weighted by Crippen LogP contribution is -2.24. The number of sulfonamides is 1. The van der Waals surface area contributed by atoms with Crippen molar-refractivity contribution < 1.29 is 13.2 Å². The predicted octanol–water partition coefficient (Wildman–Crippen LogP) is 3.73. The number of hydrogen-bond acceptors (Lipinski definition) is 6. The minimum absolute atomic E-state index is 0.0985. The Kier molecular flexibility index (Phi) is 6.25. The summed E-state index contributed by atoms with van der Waals surface area (Å²) in [5, 5.41) is 3.48. The minimum atomic E-state index is -3.32. The molecule has 142 valence electrons. The maximum Gasteiger partial charge on any atom is 0.230 e. The van der Waals surface area contributed by atoms with Gasteiger partial charge >= 0.3 is 0 Å². The second-order valence-electron chi connectivity index (χ2n) is 5.73. The number of fused-ring (bicyclic) bond motifs is 1. The van der Waals surface area contributed by atoms with Gasteiger partial charge in [-0.3, -0.25) is 9.52 Å². The number of amides is 1. The maximum atomic E-state index is 12.0. The summed E-state index contributed by atoms with van der Waals surface area (Å²) >= 11 is 8.68. The Morgan fingerprint density at radius 3 is 2.81 bits per heavy atom. The van der Waals surface area contributed by atoms with Crippen LogP contribution >= 0.6 is 34.7 Å². The van der Waals surface area contributed by atoms with Gasteiger partial charge in [0.05, 0.1) is 27.9 Å². The first-order valence-corrected chi connectivity index (χ1v) is 11.9. The molecule has 27 heavy (non-hydrogen) atoms. The van der Waals surface area contributed by atoms with Crippen LogP contribution in [0.15, 0.2) is 46.8 Å². The molecule has 3 rings (SSSR count). The van der Waals surface area contributed by atoms with Crippen LogP contribution in [0.4, 0.5) is 5.69 Å². The molecule has 0 bridgehead atoms. The van der Waals surface area contributed by atoms with Crippen LogP contribution in [0.1, 0.15) is 5.56 Å². The standard InChI is InChI=1S/C17H16ClN3O3S3/c1-27(23,24)21-13-5-6-14-15(8-13)26-17(20-14)25-10-16(22)19-9-11-3-2-4-12(18)7-11/h2-8,21H,9-10H2,1H3,(H,19,22). The molecule has 0 fully saturated rings. The van der Waals surface area contributed by atoms with Crippen molar-refractivity contribution in [3.8, 4) is 0 Å². The Morgan fingerprint density at radius 2 is 2.07 bits per heavy atom. The van der Waals surface area contributed by atoms with Gasteiger partial charge in [0.2, 0.25) is 15.9 Å². The van der Waals surface area contributed by atoms with E-state index in [1.165, 1.54) is 23.1 Å². The van der Waals surface area contributed by atoms with E-state index in [0.29, 0.717) is 17.3 Å². The van der Waals surface area contributed by atoms with E-state index in [9.17, 15) is 13.2 Å². The maximum absolute atomic E-state index is 12.0. The van der Waals surface area contributed by atoms with E-state index < -0.39 is 10.0 Å². The number of benzene rings is 2. The highest BCUT2D eigenvalue weighted by Crippen LogP contribution is 2.31. The highest BCUT2D eigenvalue weighted by atomic mass is 35.5. The number of nitrogens with zero attached hydrogens (tertiary/aromatic N) is 1. The smallest absolute Gasteiger partial charge is 0.230 e. The molecular weight excluding hydrogens is 426 g/mol. The fourth-order valence-corrected chi connectivity index (χ4v) is 4.97. The third-order valence-corrected chi connectivity index (χ3v) is 6.38. The highest BCUT2D eigenvalue weighted by Gasteiger charge is 2.10. The van der Waals surface area contributed by atoms with Gasteiger partial charge in [-0.25, -0.2) is 13.4 Å². The normalized spacial score (nSPS) is 11.5. The zero-order valence-corrected chi connectivity index (χ0v) is 17.4. The Bertz CT molecular complexity index is 1080. The number of aromatic nitrogens is 1. The van der Waals surface area contributed by atoms with Gasteiger partial charge in [-0.1, -0.05) is 35.5 Å². The van der Waals surface area contributed by atoms with Crippen LogP contribution < -0.4 is 10.0 Å². The molecule has 10 heteroatoms. The number of carbonyl (C=O) groups is 1. The van der Waals surface area contributed by atoms with Gasteiger partial charge in [0.25, 0.3) is 0 Å². The third-order valence-electron chi connectivity index (χ3n) is 3.38. The number of thioether (sulfide) groups is 1. The number of anilines is 1. The Hall–Kier alpha value is -1.81. The van der Waals surface area contributed by atoms with Crippen molar-refractivity contribution in [2.24, 2.45) is 0 Å². The van der Waals surface area contributed by atoms with Gasteiger partial charge in [-0.05, 0) is 35.9 Å². The van der Waals surface area contributed by atoms with Gasteiger partial charge in [0, 0.05) is 11.6 Å². The molecular formula is C17H16ClN3O3S3. The molecule has 0 spiro atoms. The summed E-state index contributed by atoms with van der Waals surface area (Å²) in [5.74, 6) is 0.146. The van der Waals surface area contributed by atoms with Gasteiger partial charge < -0.3 is 5.32 Å². The molecule has 2 N–H and O–H groups in total. The second-order valence-corrected chi connectivity index (χ2v) is 10.2. The van der Waals surface area contributed by atoms with Crippen molar-refractivity contribution in [2.45, 2.75) is 10.9 Å². The zero-order valence-electron chi connectivity index (χ0n) is 14.2. The Morgan fingerprint density at radius 1 is 1.26 bits per heavy atom. The molecule has 2 aromatic carbocycles. The van der Waals surface area contributed by atoms with Crippen LogP contribution in [0.25, 0.3) is 10.2 Å². The SMILES string of the molecule is CS(=O)(=O)Nc1ccc2nc(SCC(=O)NCc3cccc(Cl)c3)sc2c1. The van der Waals surface area contributed by atoms with Crippen LogP contribution in [0.5, 0.6) is 0 Å². The highest BCUT2D eigenvalue weighted by molar-refractivity contribution is 8.01. The summed E-state index contributed by atoms with van der Waals surface area (Å²) < 4.78 is 26.7. The number of thiazole rings is 1. The topological polar surface area (TPSA) is 88.2 Å². The van der Waals surface area contributed by atoms with E-state index in [1.807, 2.05) is 18.2 Å². The van der Waals surface area contributed by atoms with Crippen molar-refractivity contribution in [1.82, 2.24) is 10.3 Å². The zero-order chi connectivity index (χ0) is 19.4. The first-order chi connectivity index (χ1) is 12.8. The monoisotopic (exact) mass is 441 g/mol. The lowest BCUT2D eigenvalue weighted by Gasteiger charge is -2.04. The molecule has 0 aliphatic rings. The molecule has 0 radical (unpaired) electrons. The third kappa shape index (κ3) is 6.10. The molecule has 0 atom stereocenters. The first kappa shape index (κ1) is 19.9. The van der Waals surface area contributed by atoms with Crippen LogP contribution in [0.2, 0.25) is 5.02 Å². The van der Waals surface area contributed by atoms with E-state index in [0.717, 1.165) is 26.4 Å². The Labute approximate surface area is 170 Å². The fourth-order valence-electron chi connectivity index (χ4n) is 2.27. The van der Waals surface area contributed by atoms with Gasteiger partial charge in [0.1, 0.15) is 0 Å². The number of nitrogens with one attached hydrogen (secondary N) is 2. The number of carbonyl (C=O) groups excluding carboxylic acids is 1. The van der Waals surface area contributed by atoms with E-state index in [2.05, 4.69) is 15.0 Å². The van der Waals surface area contributed by atoms with Gasteiger partial charge in [0.15, 0.2) is 4.34 Å². The van der Waals surface area contributed by atoms with Crippen LogP contribution in [-0.2, 0) is 21.4 Å². The summed E-state index contributed by atoms with van der Waals surface area (Å²) in [7, 11) is -3.32. The van der Waals surface area contributed by atoms with Gasteiger partial charge in [-0.15, -0.1) is 11.3 Å². The Balaban J connectivity index is 1.57. The molecule has 0 aliphatic carbocycles. The van der Waals surface area contributed by atoms with E-state index >= 15 is 0 Å². The van der Waals surface area contributed by atoms with Crippen molar-refractivity contribution in [2.75, 3.05) is 16.7 Å². The minimum Gasteiger partial charge on any atom is -0.351 e. The molecule has 3 aromatic rings. The predicted molar refractivity (Wildman–Crippen MR) is 112 cm³/mol. The summed E-state index contributed by atoms with van der Waals surface area (Å²) in [4.78, 5) is 16.5. The molecule has 0 aliphatic heterocycles. The summed E-state index contributed by atoms with van der Waals surface area (Å²) in [6.45, 7) is 0.417. The quantitative estimate of drug-likeness (QED) is 0.545. The van der Waals surface area contributed by atoms with Crippen molar-refractivity contribution in [1.29, 1.82) is 0 Å². The van der Waals surface area contributed by atoms with Crippen LogP contribution in [-0.4, -0.2) is 31.3 Å². The van der Waals surface area contributed by atoms with E-state index in [-0.39, 0.29) is 11.7 Å². The first-order valence-electron chi connectivity index (χ1n) is 7.81. The number of rotatable bonds is 7. The molecule has 1 heterocycles. The average Bonchev–Trinajstić information content (AvgIpc) is 2.99. The summed E-state index contributed by atoms with van der Waals surface area (Å²) in [6, 6.07) is 12.5. The summed E-state index contributed by atoms with van der Waals surface area (Å²) in [5.41, 5.74) is 2.19. The van der Waals surface area contributed by atoms with Crippen molar-refractivity contribution >= 4 is 66.5 Å². The number of hydrogen-bond donors (Lipinski definition) is 2. The lowest BCUT2D eigenvalue weighted by atomic mass is 10.2.